The molecule has 1 aromatic carbocycles. The van der Waals surface area contributed by atoms with E-state index in [9.17, 15) is 4.79 Å². The number of anilines is 1. The first-order valence-corrected chi connectivity index (χ1v) is 5.55. The second-order valence-electron chi connectivity index (χ2n) is 3.74. The van der Waals surface area contributed by atoms with E-state index in [1.54, 1.807) is 35.4 Å². The molecule has 0 aliphatic carbocycles. The Morgan fingerprint density at radius 1 is 1.53 bits per heavy atom. The third kappa shape index (κ3) is 3.07. The van der Waals surface area contributed by atoms with Crippen molar-refractivity contribution in [1.29, 1.82) is 0 Å². The predicted octanol–water partition coefficient (Wildman–Crippen LogP) is 2.48. The number of amides is 1. The van der Waals surface area contributed by atoms with Gasteiger partial charge in [0.15, 0.2) is 0 Å². The van der Waals surface area contributed by atoms with Crippen LogP contribution in [0.4, 0.5) is 5.69 Å². The summed E-state index contributed by atoms with van der Waals surface area (Å²) in [5, 5.41) is 3.49. The van der Waals surface area contributed by atoms with Crippen LogP contribution in [0.25, 0.3) is 0 Å². The second kappa shape index (κ2) is 5.01. The van der Waals surface area contributed by atoms with Crippen LogP contribution in [0.5, 0.6) is 0 Å². The van der Waals surface area contributed by atoms with Gasteiger partial charge in [-0.1, -0.05) is 11.6 Å². The number of nitrogens with one attached hydrogen (secondary N) is 1. The molecule has 0 unspecified atom stereocenters. The van der Waals surface area contributed by atoms with Crippen LogP contribution in [-0.2, 0) is 11.3 Å². The first kappa shape index (κ1) is 11.7. The molecular formula is C12H12ClN3O. The number of rotatable bonds is 3. The highest BCUT2D eigenvalue weighted by Crippen LogP contribution is 2.19. The van der Waals surface area contributed by atoms with Gasteiger partial charge in [0, 0.05) is 23.1 Å². The molecule has 0 spiro atoms. The molecule has 0 atom stereocenters. The molecule has 1 amide bonds. The number of carbonyl (C=O) groups excluding carboxylic acids is 1. The second-order valence-corrected chi connectivity index (χ2v) is 4.18. The number of carbonyl (C=O) groups is 1. The molecule has 0 saturated heterocycles. The van der Waals surface area contributed by atoms with Gasteiger partial charge in [0.1, 0.15) is 6.54 Å². The standard InChI is InChI=1S/C12H12ClN3O/c1-9-6-10(13)2-3-11(9)15-12(17)7-16-5-4-14-8-16/h2-6,8H,7H2,1H3,(H,15,17). The maximum absolute atomic E-state index is 11.7. The van der Waals surface area contributed by atoms with Crippen LogP contribution in [0, 0.1) is 6.92 Å². The number of aryl methyl sites for hydroxylation is 1. The Labute approximate surface area is 104 Å². The topological polar surface area (TPSA) is 46.9 Å². The minimum Gasteiger partial charge on any atom is -0.328 e. The third-order valence-electron chi connectivity index (χ3n) is 2.35. The zero-order valence-electron chi connectivity index (χ0n) is 9.35. The van der Waals surface area contributed by atoms with Crippen LogP contribution in [0.15, 0.2) is 36.9 Å². The Morgan fingerprint density at radius 3 is 3.00 bits per heavy atom. The number of benzene rings is 1. The van der Waals surface area contributed by atoms with Crippen molar-refractivity contribution in [3.8, 4) is 0 Å². The van der Waals surface area contributed by atoms with E-state index in [4.69, 9.17) is 11.6 Å². The molecule has 0 bridgehead atoms. The van der Waals surface area contributed by atoms with Gasteiger partial charge in [0.25, 0.3) is 0 Å². The highest BCUT2D eigenvalue weighted by Gasteiger charge is 2.05. The van der Waals surface area contributed by atoms with E-state index >= 15 is 0 Å². The van der Waals surface area contributed by atoms with Gasteiger partial charge in [0.05, 0.1) is 6.33 Å². The van der Waals surface area contributed by atoms with Crippen LogP contribution in [0.3, 0.4) is 0 Å². The molecule has 5 heteroatoms. The van der Waals surface area contributed by atoms with Crippen molar-refractivity contribution in [2.45, 2.75) is 13.5 Å². The smallest absolute Gasteiger partial charge is 0.244 e. The van der Waals surface area contributed by atoms with Crippen molar-refractivity contribution in [2.75, 3.05) is 5.32 Å². The molecule has 1 N–H and O–H groups in total. The summed E-state index contributed by atoms with van der Waals surface area (Å²) in [6.45, 7) is 2.15. The fourth-order valence-corrected chi connectivity index (χ4v) is 1.73. The van der Waals surface area contributed by atoms with Gasteiger partial charge in [-0.15, -0.1) is 0 Å². The molecule has 2 rings (SSSR count). The number of imidazole rings is 1. The Kier molecular flexibility index (Phi) is 3.44. The average Bonchev–Trinajstić information content (AvgIpc) is 2.75. The lowest BCUT2D eigenvalue weighted by molar-refractivity contribution is -0.116. The molecule has 2 aromatic rings. The molecule has 17 heavy (non-hydrogen) atoms. The highest BCUT2D eigenvalue weighted by atomic mass is 35.5. The molecule has 0 saturated carbocycles. The first-order chi connectivity index (χ1) is 8.15. The third-order valence-corrected chi connectivity index (χ3v) is 2.58. The van der Waals surface area contributed by atoms with Crippen LogP contribution >= 0.6 is 11.6 Å². The van der Waals surface area contributed by atoms with Crippen LogP contribution in [0.1, 0.15) is 5.56 Å². The van der Waals surface area contributed by atoms with Crippen molar-refractivity contribution in [1.82, 2.24) is 9.55 Å². The normalized spacial score (nSPS) is 10.2. The quantitative estimate of drug-likeness (QED) is 0.909. The van der Waals surface area contributed by atoms with Gasteiger partial charge >= 0.3 is 0 Å². The van der Waals surface area contributed by atoms with E-state index in [1.807, 2.05) is 13.0 Å². The summed E-state index contributed by atoms with van der Waals surface area (Å²) < 4.78 is 1.71. The number of hydrogen-bond donors (Lipinski definition) is 1. The molecule has 88 valence electrons. The molecule has 0 aliphatic heterocycles. The largest absolute Gasteiger partial charge is 0.328 e. The maximum atomic E-state index is 11.7. The van der Waals surface area contributed by atoms with E-state index in [2.05, 4.69) is 10.3 Å². The summed E-state index contributed by atoms with van der Waals surface area (Å²) in [5.74, 6) is -0.0894. The molecule has 4 nitrogen and oxygen atoms in total. The SMILES string of the molecule is Cc1cc(Cl)ccc1NC(=O)Cn1ccnc1. The van der Waals surface area contributed by atoms with Crippen LogP contribution < -0.4 is 5.32 Å². The lowest BCUT2D eigenvalue weighted by Crippen LogP contribution is -2.18. The zero-order chi connectivity index (χ0) is 12.3. The molecule has 0 aliphatic rings. The van der Waals surface area contributed by atoms with Crippen LogP contribution in [-0.4, -0.2) is 15.5 Å². The van der Waals surface area contributed by atoms with Gasteiger partial charge in [-0.05, 0) is 30.7 Å². The summed E-state index contributed by atoms with van der Waals surface area (Å²) >= 11 is 5.84. The lowest BCUT2D eigenvalue weighted by atomic mass is 10.2. The summed E-state index contributed by atoms with van der Waals surface area (Å²) in [6.07, 6.45) is 4.99. The van der Waals surface area contributed by atoms with Crippen molar-refractivity contribution in [2.24, 2.45) is 0 Å². The van der Waals surface area contributed by atoms with Crippen molar-refractivity contribution < 1.29 is 4.79 Å². The van der Waals surface area contributed by atoms with E-state index in [-0.39, 0.29) is 12.5 Å². The van der Waals surface area contributed by atoms with E-state index in [0.29, 0.717) is 5.02 Å². The Morgan fingerprint density at radius 2 is 2.35 bits per heavy atom. The molecule has 1 heterocycles. The van der Waals surface area contributed by atoms with Crippen LogP contribution in [0.2, 0.25) is 5.02 Å². The number of nitrogens with zero attached hydrogens (tertiary/aromatic N) is 2. The summed E-state index contributed by atoms with van der Waals surface area (Å²) in [7, 11) is 0. The number of hydrogen-bond acceptors (Lipinski definition) is 2. The lowest BCUT2D eigenvalue weighted by Gasteiger charge is -2.08. The van der Waals surface area contributed by atoms with Crippen molar-refractivity contribution >= 4 is 23.2 Å². The summed E-state index contributed by atoms with van der Waals surface area (Å²) in [5.41, 5.74) is 1.72. The summed E-state index contributed by atoms with van der Waals surface area (Å²) in [4.78, 5) is 15.6. The Hall–Kier alpha value is -1.81. The minimum atomic E-state index is -0.0894. The Balaban J connectivity index is 2.03. The van der Waals surface area contributed by atoms with Gasteiger partial charge in [-0.2, -0.15) is 0 Å². The van der Waals surface area contributed by atoms with Gasteiger partial charge in [0.2, 0.25) is 5.91 Å². The molecule has 0 fully saturated rings. The molecule has 0 radical (unpaired) electrons. The van der Waals surface area contributed by atoms with Crippen molar-refractivity contribution in [3.05, 3.63) is 47.5 Å². The monoisotopic (exact) mass is 249 g/mol. The number of halogens is 1. The Bertz CT molecular complexity index is 523. The van der Waals surface area contributed by atoms with E-state index in [0.717, 1.165) is 11.3 Å². The van der Waals surface area contributed by atoms with E-state index < -0.39 is 0 Å². The highest BCUT2D eigenvalue weighted by molar-refractivity contribution is 6.30. The number of aromatic nitrogens is 2. The molecular weight excluding hydrogens is 238 g/mol. The minimum absolute atomic E-state index is 0.0894. The summed E-state index contributed by atoms with van der Waals surface area (Å²) in [6, 6.07) is 5.36. The fraction of sp³-hybridized carbons (Fsp3) is 0.167. The van der Waals surface area contributed by atoms with Gasteiger partial charge in [-0.3, -0.25) is 4.79 Å². The fourth-order valence-electron chi connectivity index (χ4n) is 1.50. The van der Waals surface area contributed by atoms with Crippen molar-refractivity contribution in [3.63, 3.8) is 0 Å². The average molecular weight is 250 g/mol. The molecule has 1 aromatic heterocycles. The van der Waals surface area contributed by atoms with E-state index in [1.165, 1.54) is 0 Å². The predicted molar refractivity (Wildman–Crippen MR) is 67.0 cm³/mol. The zero-order valence-corrected chi connectivity index (χ0v) is 10.1. The first-order valence-electron chi connectivity index (χ1n) is 5.17. The van der Waals surface area contributed by atoms with Gasteiger partial charge in [-0.25, -0.2) is 4.98 Å². The van der Waals surface area contributed by atoms with Gasteiger partial charge < -0.3 is 9.88 Å². The maximum Gasteiger partial charge on any atom is 0.244 e.